The molecule has 116 valence electrons. The molecule has 0 saturated heterocycles. The van der Waals surface area contributed by atoms with Gasteiger partial charge in [0.25, 0.3) is 0 Å². The molecular weight excluding hydrogens is 282 g/mol. The van der Waals surface area contributed by atoms with Crippen molar-refractivity contribution in [3.63, 3.8) is 0 Å². The zero-order valence-electron chi connectivity index (χ0n) is 11.9. The zero-order valence-corrected chi connectivity index (χ0v) is 11.9. The Balaban J connectivity index is 2.70. The van der Waals surface area contributed by atoms with Gasteiger partial charge in [-0.05, 0) is 25.0 Å². The van der Waals surface area contributed by atoms with E-state index in [1.807, 2.05) is 0 Å². The fourth-order valence-corrected chi connectivity index (χ4v) is 1.89. The highest BCUT2D eigenvalue weighted by molar-refractivity contribution is 5.89. The molecule has 1 aromatic carbocycles. The summed E-state index contributed by atoms with van der Waals surface area (Å²) in [7, 11) is 0. The molecule has 2 amide bonds. The van der Waals surface area contributed by atoms with Crippen LogP contribution >= 0.6 is 0 Å². The van der Waals surface area contributed by atoms with E-state index >= 15 is 0 Å². The molecule has 1 rings (SSSR count). The van der Waals surface area contributed by atoms with Crippen molar-refractivity contribution in [2.75, 3.05) is 11.9 Å². The van der Waals surface area contributed by atoms with Crippen LogP contribution in [0.4, 0.5) is 19.3 Å². The van der Waals surface area contributed by atoms with Gasteiger partial charge in [-0.2, -0.15) is 0 Å². The summed E-state index contributed by atoms with van der Waals surface area (Å²) < 4.78 is 26.4. The van der Waals surface area contributed by atoms with E-state index in [9.17, 15) is 23.5 Å². The Morgan fingerprint density at radius 3 is 2.38 bits per heavy atom. The average molecular weight is 300 g/mol. The highest BCUT2D eigenvalue weighted by Crippen LogP contribution is 2.25. The summed E-state index contributed by atoms with van der Waals surface area (Å²) in [6, 6.07) is 2.62. The first-order valence-electron chi connectivity index (χ1n) is 6.58. The molecule has 0 aliphatic carbocycles. The van der Waals surface area contributed by atoms with Gasteiger partial charge in [0.2, 0.25) is 0 Å². The molecule has 0 spiro atoms. The molecule has 7 heteroatoms. The number of carboxylic acids is 1. The Morgan fingerprint density at radius 2 is 1.86 bits per heavy atom. The maximum absolute atomic E-state index is 13.4. The molecule has 0 fully saturated rings. The topological polar surface area (TPSA) is 78.4 Å². The maximum Gasteiger partial charge on any atom is 0.319 e. The van der Waals surface area contributed by atoms with Gasteiger partial charge in [-0.1, -0.05) is 19.9 Å². The molecule has 0 aliphatic heterocycles. The zero-order chi connectivity index (χ0) is 16.0. The van der Waals surface area contributed by atoms with Crippen LogP contribution < -0.4 is 10.6 Å². The van der Waals surface area contributed by atoms with Gasteiger partial charge >= 0.3 is 12.0 Å². The minimum atomic E-state index is -1.16. The number of urea groups is 1. The average Bonchev–Trinajstić information content (AvgIpc) is 2.45. The predicted molar refractivity (Wildman–Crippen MR) is 74.0 cm³/mol. The molecule has 0 bridgehead atoms. The number of rotatable bonds is 6. The molecule has 21 heavy (non-hydrogen) atoms. The van der Waals surface area contributed by atoms with Gasteiger partial charge in [0, 0.05) is 6.54 Å². The first kappa shape index (κ1) is 16.9. The van der Waals surface area contributed by atoms with Crippen LogP contribution in [0.3, 0.4) is 0 Å². The van der Waals surface area contributed by atoms with Crippen LogP contribution in [-0.4, -0.2) is 23.7 Å². The van der Waals surface area contributed by atoms with E-state index in [0.717, 1.165) is 6.07 Å². The van der Waals surface area contributed by atoms with Gasteiger partial charge < -0.3 is 15.7 Å². The minimum absolute atomic E-state index is 0.0991. The molecule has 0 heterocycles. The van der Waals surface area contributed by atoms with E-state index in [1.165, 1.54) is 12.1 Å². The lowest BCUT2D eigenvalue weighted by atomic mass is 9.82. The molecule has 5 nitrogen and oxygen atoms in total. The molecule has 0 aliphatic rings. The quantitative estimate of drug-likeness (QED) is 0.755. The van der Waals surface area contributed by atoms with Crippen LogP contribution in [-0.2, 0) is 4.79 Å². The van der Waals surface area contributed by atoms with Gasteiger partial charge in [0.15, 0.2) is 11.6 Å². The summed E-state index contributed by atoms with van der Waals surface area (Å²) >= 11 is 0. The Bertz CT molecular complexity index is 531. The molecule has 1 aromatic rings. The van der Waals surface area contributed by atoms with Crippen molar-refractivity contribution in [1.82, 2.24) is 5.32 Å². The summed E-state index contributed by atoms with van der Waals surface area (Å²) in [6.07, 6.45) is 0.681. The van der Waals surface area contributed by atoms with Crippen molar-refractivity contribution in [3.8, 4) is 0 Å². The smallest absolute Gasteiger partial charge is 0.319 e. The van der Waals surface area contributed by atoms with Crippen molar-refractivity contribution < 1.29 is 23.5 Å². The standard InChI is InChI=1S/C14H18F2N2O3/c1-3-14(4-2,12(19)20)8-17-13(21)18-10-7-5-6-9(15)11(10)16/h5-7H,3-4,8H2,1-2H3,(H,19,20)(H2,17,18,21). The molecule has 0 unspecified atom stereocenters. The Morgan fingerprint density at radius 1 is 1.24 bits per heavy atom. The van der Waals surface area contributed by atoms with E-state index in [0.29, 0.717) is 12.8 Å². The van der Waals surface area contributed by atoms with Crippen molar-refractivity contribution in [2.45, 2.75) is 26.7 Å². The Labute approximate surface area is 121 Å². The van der Waals surface area contributed by atoms with Crippen LogP contribution in [0.5, 0.6) is 0 Å². The second kappa shape index (κ2) is 7.01. The lowest BCUT2D eigenvalue weighted by molar-refractivity contribution is -0.149. The molecule has 0 aromatic heterocycles. The van der Waals surface area contributed by atoms with Gasteiger partial charge in [0.05, 0.1) is 11.1 Å². The van der Waals surface area contributed by atoms with Crippen LogP contribution in [0.2, 0.25) is 0 Å². The second-order valence-electron chi connectivity index (χ2n) is 4.70. The molecule has 0 saturated carbocycles. The van der Waals surface area contributed by atoms with E-state index in [4.69, 9.17) is 0 Å². The number of amides is 2. The SMILES string of the molecule is CCC(CC)(CNC(=O)Nc1cccc(F)c1F)C(=O)O. The number of anilines is 1. The molecule has 0 radical (unpaired) electrons. The maximum atomic E-state index is 13.4. The van der Waals surface area contributed by atoms with Gasteiger partial charge in [-0.3, -0.25) is 4.79 Å². The number of carboxylic acid groups (broad SMARTS) is 1. The van der Waals surface area contributed by atoms with Gasteiger partial charge in [0.1, 0.15) is 0 Å². The third-order valence-electron chi connectivity index (χ3n) is 3.59. The number of halogens is 2. The van der Waals surface area contributed by atoms with E-state index < -0.39 is 29.0 Å². The highest BCUT2D eigenvalue weighted by Gasteiger charge is 2.35. The number of hydrogen-bond acceptors (Lipinski definition) is 2. The Kier molecular flexibility index (Phi) is 5.63. The number of benzene rings is 1. The first-order chi connectivity index (χ1) is 9.86. The van der Waals surface area contributed by atoms with E-state index in [2.05, 4.69) is 10.6 Å². The number of nitrogens with one attached hydrogen (secondary N) is 2. The third-order valence-corrected chi connectivity index (χ3v) is 3.59. The fraction of sp³-hybridized carbons (Fsp3) is 0.429. The largest absolute Gasteiger partial charge is 0.481 e. The fourth-order valence-electron chi connectivity index (χ4n) is 1.89. The summed E-state index contributed by atoms with van der Waals surface area (Å²) in [5.41, 5.74) is -1.38. The second-order valence-corrected chi connectivity index (χ2v) is 4.70. The van der Waals surface area contributed by atoms with Crippen LogP contribution in [0.1, 0.15) is 26.7 Å². The van der Waals surface area contributed by atoms with Crippen molar-refractivity contribution in [2.24, 2.45) is 5.41 Å². The van der Waals surface area contributed by atoms with Crippen LogP contribution in [0.15, 0.2) is 18.2 Å². The van der Waals surface area contributed by atoms with Crippen LogP contribution in [0, 0.1) is 17.0 Å². The minimum Gasteiger partial charge on any atom is -0.481 e. The highest BCUT2D eigenvalue weighted by atomic mass is 19.2. The summed E-state index contributed by atoms with van der Waals surface area (Å²) in [4.78, 5) is 22.9. The number of carbonyl (C=O) groups excluding carboxylic acids is 1. The number of aliphatic carboxylic acids is 1. The van der Waals surface area contributed by atoms with Crippen molar-refractivity contribution in [3.05, 3.63) is 29.8 Å². The number of carbonyl (C=O) groups is 2. The first-order valence-corrected chi connectivity index (χ1v) is 6.58. The molecule has 0 atom stereocenters. The Hall–Kier alpha value is -2.18. The number of hydrogen-bond donors (Lipinski definition) is 3. The van der Waals surface area contributed by atoms with E-state index in [1.54, 1.807) is 13.8 Å². The third kappa shape index (κ3) is 3.90. The van der Waals surface area contributed by atoms with E-state index in [-0.39, 0.29) is 12.2 Å². The molecule has 3 N–H and O–H groups in total. The van der Waals surface area contributed by atoms with Crippen molar-refractivity contribution in [1.29, 1.82) is 0 Å². The van der Waals surface area contributed by atoms with Crippen LogP contribution in [0.25, 0.3) is 0 Å². The summed E-state index contributed by atoms with van der Waals surface area (Å²) in [5.74, 6) is -3.25. The monoisotopic (exact) mass is 300 g/mol. The lowest BCUT2D eigenvalue weighted by Gasteiger charge is -2.26. The predicted octanol–water partition coefficient (Wildman–Crippen LogP) is 2.98. The van der Waals surface area contributed by atoms with Crippen molar-refractivity contribution >= 4 is 17.7 Å². The van der Waals surface area contributed by atoms with Gasteiger partial charge in [-0.25, -0.2) is 13.6 Å². The molecular formula is C14H18F2N2O3. The normalized spacial score (nSPS) is 11.0. The summed E-state index contributed by atoms with van der Waals surface area (Å²) in [5, 5.41) is 13.8. The van der Waals surface area contributed by atoms with Gasteiger partial charge in [-0.15, -0.1) is 0 Å². The lowest BCUT2D eigenvalue weighted by Crippen LogP contribution is -2.43. The summed E-state index contributed by atoms with van der Waals surface area (Å²) in [6.45, 7) is 3.32.